The van der Waals surface area contributed by atoms with Gasteiger partial charge in [-0.25, -0.2) is 0 Å². The highest BCUT2D eigenvalue weighted by Gasteiger charge is 2.20. The van der Waals surface area contributed by atoms with E-state index in [4.69, 9.17) is 0 Å². The number of hydrogen-bond donors (Lipinski definition) is 1. The minimum atomic E-state index is 0.547. The highest BCUT2D eigenvalue weighted by Crippen LogP contribution is 2.25. The molecule has 110 valence electrons. The lowest BCUT2D eigenvalue weighted by Crippen LogP contribution is -2.38. The Morgan fingerprint density at radius 3 is 2.86 bits per heavy atom. The Kier molecular flexibility index (Phi) is 4.51. The van der Waals surface area contributed by atoms with Crippen molar-refractivity contribution in [2.24, 2.45) is 0 Å². The van der Waals surface area contributed by atoms with Crippen molar-refractivity contribution in [2.75, 3.05) is 11.4 Å². The Morgan fingerprint density at radius 1 is 1.19 bits per heavy atom. The van der Waals surface area contributed by atoms with E-state index < -0.39 is 0 Å². The smallest absolute Gasteiger partial charge is 0.0602 e. The molecule has 1 aromatic carbocycles. The van der Waals surface area contributed by atoms with Crippen LogP contribution in [0.4, 0.5) is 5.69 Å². The van der Waals surface area contributed by atoms with Gasteiger partial charge in [-0.15, -0.1) is 0 Å². The maximum atomic E-state index is 4.49. The van der Waals surface area contributed by atoms with E-state index in [1.807, 2.05) is 12.3 Å². The van der Waals surface area contributed by atoms with Crippen LogP contribution in [0.2, 0.25) is 0 Å². The fourth-order valence-electron chi connectivity index (χ4n) is 3.03. The topological polar surface area (TPSA) is 28.2 Å². The molecule has 2 aromatic rings. The minimum Gasteiger partial charge on any atom is -0.364 e. The summed E-state index contributed by atoms with van der Waals surface area (Å²) in [6.45, 7) is 5.13. The Labute approximate surface area is 127 Å². The van der Waals surface area contributed by atoms with Gasteiger partial charge in [0.25, 0.3) is 0 Å². The second-order valence-electron chi connectivity index (χ2n) is 5.70. The quantitative estimate of drug-likeness (QED) is 0.931. The lowest BCUT2D eigenvalue weighted by Gasteiger charge is -2.27. The van der Waals surface area contributed by atoms with Crippen molar-refractivity contribution in [1.82, 2.24) is 10.3 Å². The summed E-state index contributed by atoms with van der Waals surface area (Å²) in [4.78, 5) is 6.96. The van der Waals surface area contributed by atoms with Crippen LogP contribution in [0.25, 0.3) is 0 Å². The molecule has 0 amide bonds. The number of nitrogens with one attached hydrogen (secondary N) is 1. The fourth-order valence-corrected chi connectivity index (χ4v) is 3.03. The van der Waals surface area contributed by atoms with Crippen molar-refractivity contribution in [2.45, 2.75) is 38.9 Å². The van der Waals surface area contributed by atoms with Crippen molar-refractivity contribution < 1.29 is 0 Å². The van der Waals surface area contributed by atoms with Gasteiger partial charge in [0, 0.05) is 31.0 Å². The molecular formula is C18H23N3. The second-order valence-corrected chi connectivity index (χ2v) is 5.70. The van der Waals surface area contributed by atoms with Gasteiger partial charge in [0.15, 0.2) is 0 Å². The van der Waals surface area contributed by atoms with Gasteiger partial charge in [0.1, 0.15) is 0 Å². The van der Waals surface area contributed by atoms with Gasteiger partial charge in [-0.05, 0) is 30.2 Å². The van der Waals surface area contributed by atoms with Gasteiger partial charge in [-0.3, -0.25) is 4.98 Å². The first-order valence-corrected chi connectivity index (χ1v) is 7.83. The molecule has 0 saturated heterocycles. The van der Waals surface area contributed by atoms with E-state index >= 15 is 0 Å². The lowest BCUT2D eigenvalue weighted by molar-refractivity contribution is 0.479. The zero-order valence-corrected chi connectivity index (χ0v) is 12.6. The predicted molar refractivity (Wildman–Crippen MR) is 87.3 cm³/mol. The van der Waals surface area contributed by atoms with E-state index in [0.29, 0.717) is 6.04 Å². The zero-order chi connectivity index (χ0) is 14.5. The Hall–Kier alpha value is -1.87. The molecular weight excluding hydrogens is 258 g/mol. The molecule has 2 heterocycles. The number of benzene rings is 1. The van der Waals surface area contributed by atoms with Crippen LogP contribution in [0.1, 0.15) is 31.0 Å². The largest absolute Gasteiger partial charge is 0.364 e. The Balaban J connectivity index is 1.86. The molecule has 0 spiro atoms. The average Bonchev–Trinajstić information content (AvgIpc) is 2.69. The zero-order valence-electron chi connectivity index (χ0n) is 12.6. The molecule has 1 atom stereocenters. The SMILES string of the molecule is CCCC1CN(Cc2ccccn2)c2ccccc2CN1. The number of fused-ring (bicyclic) bond motifs is 1. The number of aromatic nitrogens is 1. The summed E-state index contributed by atoms with van der Waals surface area (Å²) in [5, 5.41) is 3.69. The number of nitrogens with zero attached hydrogens (tertiary/aromatic N) is 2. The third kappa shape index (κ3) is 3.42. The van der Waals surface area contributed by atoms with Crippen LogP contribution >= 0.6 is 0 Å². The molecule has 21 heavy (non-hydrogen) atoms. The van der Waals surface area contributed by atoms with E-state index in [-0.39, 0.29) is 0 Å². The highest BCUT2D eigenvalue weighted by atomic mass is 15.2. The molecule has 1 aliphatic heterocycles. The van der Waals surface area contributed by atoms with Crippen LogP contribution < -0.4 is 10.2 Å². The summed E-state index contributed by atoms with van der Waals surface area (Å²) in [7, 11) is 0. The van der Waals surface area contributed by atoms with E-state index in [1.165, 1.54) is 24.1 Å². The molecule has 0 radical (unpaired) electrons. The van der Waals surface area contributed by atoms with E-state index in [1.54, 1.807) is 0 Å². The standard InChI is InChI=1S/C18H23N3/c1-2-7-16-13-21(14-17-9-5-6-11-19-17)18-10-4-3-8-15(18)12-20-16/h3-6,8-11,16,20H,2,7,12-14H2,1H3. The molecule has 0 bridgehead atoms. The molecule has 3 rings (SSSR count). The summed E-state index contributed by atoms with van der Waals surface area (Å²) in [5.74, 6) is 0. The number of para-hydroxylation sites is 1. The van der Waals surface area contributed by atoms with E-state index in [2.05, 4.69) is 58.5 Å². The molecule has 0 saturated carbocycles. The Morgan fingerprint density at radius 2 is 2.05 bits per heavy atom. The van der Waals surface area contributed by atoms with Crippen LogP contribution in [0.3, 0.4) is 0 Å². The highest BCUT2D eigenvalue weighted by molar-refractivity contribution is 5.54. The number of rotatable bonds is 4. The third-order valence-corrected chi connectivity index (χ3v) is 4.07. The average molecular weight is 281 g/mol. The molecule has 0 fully saturated rings. The minimum absolute atomic E-state index is 0.547. The summed E-state index contributed by atoms with van der Waals surface area (Å²) >= 11 is 0. The molecule has 1 unspecified atom stereocenters. The van der Waals surface area contributed by atoms with Crippen molar-refractivity contribution >= 4 is 5.69 Å². The van der Waals surface area contributed by atoms with Crippen LogP contribution in [0, 0.1) is 0 Å². The maximum absolute atomic E-state index is 4.49. The molecule has 0 aliphatic carbocycles. The monoisotopic (exact) mass is 281 g/mol. The van der Waals surface area contributed by atoms with Crippen LogP contribution in [0.15, 0.2) is 48.7 Å². The molecule has 1 aromatic heterocycles. The summed E-state index contributed by atoms with van der Waals surface area (Å²) < 4.78 is 0. The number of pyridine rings is 1. The molecule has 1 aliphatic rings. The third-order valence-electron chi connectivity index (χ3n) is 4.07. The Bertz CT molecular complexity index is 568. The van der Waals surface area contributed by atoms with E-state index in [0.717, 1.165) is 25.3 Å². The molecule has 3 nitrogen and oxygen atoms in total. The van der Waals surface area contributed by atoms with Crippen molar-refractivity contribution in [3.05, 3.63) is 59.9 Å². The second kappa shape index (κ2) is 6.72. The van der Waals surface area contributed by atoms with Crippen molar-refractivity contribution in [3.8, 4) is 0 Å². The maximum Gasteiger partial charge on any atom is 0.0602 e. The number of hydrogen-bond acceptors (Lipinski definition) is 3. The lowest BCUT2D eigenvalue weighted by atomic mass is 10.1. The fraction of sp³-hybridized carbons (Fsp3) is 0.389. The predicted octanol–water partition coefficient (Wildman–Crippen LogP) is 3.36. The van der Waals surface area contributed by atoms with Crippen LogP contribution in [-0.4, -0.2) is 17.6 Å². The van der Waals surface area contributed by atoms with Gasteiger partial charge in [-0.2, -0.15) is 0 Å². The van der Waals surface area contributed by atoms with E-state index in [9.17, 15) is 0 Å². The van der Waals surface area contributed by atoms with Crippen LogP contribution in [-0.2, 0) is 13.1 Å². The van der Waals surface area contributed by atoms with Crippen molar-refractivity contribution in [3.63, 3.8) is 0 Å². The van der Waals surface area contributed by atoms with Gasteiger partial charge >= 0.3 is 0 Å². The molecule has 1 N–H and O–H groups in total. The van der Waals surface area contributed by atoms with Gasteiger partial charge in [0.2, 0.25) is 0 Å². The first kappa shape index (κ1) is 14.1. The summed E-state index contributed by atoms with van der Waals surface area (Å²) in [5.41, 5.74) is 3.85. The number of anilines is 1. The molecule has 3 heteroatoms. The summed E-state index contributed by atoms with van der Waals surface area (Å²) in [6.07, 6.45) is 4.30. The summed E-state index contributed by atoms with van der Waals surface area (Å²) in [6, 6.07) is 15.4. The van der Waals surface area contributed by atoms with Gasteiger partial charge in [-0.1, -0.05) is 37.6 Å². The van der Waals surface area contributed by atoms with Gasteiger partial charge < -0.3 is 10.2 Å². The van der Waals surface area contributed by atoms with Gasteiger partial charge in [0.05, 0.1) is 12.2 Å². The first-order valence-electron chi connectivity index (χ1n) is 7.83. The van der Waals surface area contributed by atoms with Crippen LogP contribution in [0.5, 0.6) is 0 Å². The first-order chi connectivity index (χ1) is 10.4. The van der Waals surface area contributed by atoms with Crippen molar-refractivity contribution in [1.29, 1.82) is 0 Å². The normalized spacial score (nSPS) is 18.1.